The molecule has 3 heteroatoms. The van der Waals surface area contributed by atoms with Crippen molar-refractivity contribution in [3.63, 3.8) is 0 Å². The number of rotatable bonds is 3. The van der Waals surface area contributed by atoms with Crippen LogP contribution >= 0.6 is 0 Å². The van der Waals surface area contributed by atoms with Crippen molar-refractivity contribution in [3.05, 3.63) is 54.2 Å². The first-order valence-electron chi connectivity index (χ1n) is 5.73. The Morgan fingerprint density at radius 2 is 1.82 bits per heavy atom. The third kappa shape index (κ3) is 4.55. The largest absolute Gasteiger partial charge is 0.489 e. The van der Waals surface area contributed by atoms with Crippen LogP contribution in [0.1, 0.15) is 19.4 Å². The van der Waals surface area contributed by atoms with Crippen molar-refractivity contribution in [1.82, 2.24) is 4.98 Å². The maximum Gasteiger partial charge on any atom is 0.126 e. The summed E-state index contributed by atoms with van der Waals surface area (Å²) in [5.74, 6) is 1.21. The highest BCUT2D eigenvalue weighted by Gasteiger charge is 1.95. The molecule has 0 aliphatic heterocycles. The van der Waals surface area contributed by atoms with E-state index in [9.17, 15) is 0 Å². The average molecular weight is 230 g/mol. The van der Waals surface area contributed by atoms with E-state index < -0.39 is 0 Å². The molecule has 0 bridgehead atoms. The molecule has 90 valence electrons. The van der Waals surface area contributed by atoms with Gasteiger partial charge in [-0.05, 0) is 11.6 Å². The molecule has 0 unspecified atom stereocenters. The van der Waals surface area contributed by atoms with Crippen LogP contribution in [0.3, 0.4) is 0 Å². The van der Waals surface area contributed by atoms with Crippen molar-refractivity contribution in [2.75, 3.05) is 5.73 Å². The molecule has 0 amide bonds. The SMILES string of the molecule is CC.Nc1cc(OCc2ccccc2)ccn1. The molecular formula is C14H18N2O. The smallest absolute Gasteiger partial charge is 0.126 e. The van der Waals surface area contributed by atoms with Gasteiger partial charge < -0.3 is 10.5 Å². The number of pyridine rings is 1. The zero-order valence-corrected chi connectivity index (χ0v) is 10.3. The van der Waals surface area contributed by atoms with Crippen LogP contribution in [-0.2, 0) is 6.61 Å². The first kappa shape index (κ1) is 13.0. The van der Waals surface area contributed by atoms with E-state index in [1.807, 2.05) is 44.2 Å². The number of nitrogens with two attached hydrogens (primary N) is 1. The molecule has 2 aromatic rings. The molecule has 1 aromatic carbocycles. The highest BCUT2D eigenvalue weighted by Crippen LogP contribution is 2.13. The second kappa shape index (κ2) is 7.28. The lowest BCUT2D eigenvalue weighted by molar-refractivity contribution is 0.306. The van der Waals surface area contributed by atoms with E-state index in [0.717, 1.165) is 11.3 Å². The summed E-state index contributed by atoms with van der Waals surface area (Å²) >= 11 is 0. The van der Waals surface area contributed by atoms with Gasteiger partial charge in [0.1, 0.15) is 18.2 Å². The second-order valence-electron chi connectivity index (χ2n) is 3.19. The van der Waals surface area contributed by atoms with Crippen LogP contribution in [0.15, 0.2) is 48.7 Å². The normalized spacial score (nSPS) is 9.06. The van der Waals surface area contributed by atoms with Gasteiger partial charge in [0, 0.05) is 12.3 Å². The summed E-state index contributed by atoms with van der Waals surface area (Å²) in [6.45, 7) is 4.55. The molecule has 2 rings (SSSR count). The number of hydrogen-bond donors (Lipinski definition) is 1. The van der Waals surface area contributed by atoms with Gasteiger partial charge in [0.05, 0.1) is 0 Å². The van der Waals surface area contributed by atoms with Crippen molar-refractivity contribution >= 4 is 5.82 Å². The lowest BCUT2D eigenvalue weighted by Gasteiger charge is -2.05. The molecule has 0 radical (unpaired) electrons. The molecule has 2 N–H and O–H groups in total. The maximum absolute atomic E-state index is 5.55. The zero-order chi connectivity index (χ0) is 12.5. The van der Waals surface area contributed by atoms with Crippen LogP contribution in [0.25, 0.3) is 0 Å². The van der Waals surface area contributed by atoms with Crippen LogP contribution < -0.4 is 10.5 Å². The second-order valence-corrected chi connectivity index (χ2v) is 3.19. The molecule has 0 fully saturated rings. The first-order valence-corrected chi connectivity index (χ1v) is 5.73. The van der Waals surface area contributed by atoms with Crippen molar-refractivity contribution in [2.45, 2.75) is 20.5 Å². The van der Waals surface area contributed by atoms with Crippen LogP contribution in [0.5, 0.6) is 5.75 Å². The van der Waals surface area contributed by atoms with E-state index >= 15 is 0 Å². The van der Waals surface area contributed by atoms with Crippen LogP contribution in [0.4, 0.5) is 5.82 Å². The first-order chi connectivity index (χ1) is 8.34. The highest BCUT2D eigenvalue weighted by molar-refractivity contribution is 5.35. The Kier molecular flexibility index (Phi) is 5.58. The highest BCUT2D eigenvalue weighted by atomic mass is 16.5. The minimum atomic E-state index is 0.473. The van der Waals surface area contributed by atoms with Gasteiger partial charge >= 0.3 is 0 Å². The molecule has 3 nitrogen and oxygen atoms in total. The Labute approximate surface area is 102 Å². The molecular weight excluding hydrogens is 212 g/mol. The van der Waals surface area contributed by atoms with E-state index in [4.69, 9.17) is 10.5 Å². The number of nitrogen functional groups attached to an aromatic ring is 1. The van der Waals surface area contributed by atoms with Crippen molar-refractivity contribution < 1.29 is 4.74 Å². The minimum Gasteiger partial charge on any atom is -0.489 e. The summed E-state index contributed by atoms with van der Waals surface area (Å²) in [5, 5.41) is 0. The summed E-state index contributed by atoms with van der Waals surface area (Å²) in [6.07, 6.45) is 1.63. The molecule has 1 heterocycles. The summed E-state index contributed by atoms with van der Waals surface area (Å²) in [7, 11) is 0. The van der Waals surface area contributed by atoms with E-state index in [1.165, 1.54) is 0 Å². The fourth-order valence-corrected chi connectivity index (χ4v) is 1.26. The van der Waals surface area contributed by atoms with Crippen molar-refractivity contribution in [1.29, 1.82) is 0 Å². The lowest BCUT2D eigenvalue weighted by Crippen LogP contribution is -1.96. The van der Waals surface area contributed by atoms with Crippen LogP contribution in [0.2, 0.25) is 0 Å². The number of anilines is 1. The molecule has 0 aliphatic rings. The summed E-state index contributed by atoms with van der Waals surface area (Å²) in [5.41, 5.74) is 6.67. The molecule has 0 saturated heterocycles. The quantitative estimate of drug-likeness (QED) is 0.880. The van der Waals surface area contributed by atoms with Gasteiger partial charge in [-0.15, -0.1) is 0 Å². The van der Waals surface area contributed by atoms with E-state index in [-0.39, 0.29) is 0 Å². The number of benzene rings is 1. The topological polar surface area (TPSA) is 48.1 Å². The Morgan fingerprint density at radius 3 is 2.47 bits per heavy atom. The van der Waals surface area contributed by atoms with E-state index in [1.54, 1.807) is 18.3 Å². The Hall–Kier alpha value is -2.03. The number of hydrogen-bond acceptors (Lipinski definition) is 3. The number of ether oxygens (including phenoxy) is 1. The predicted octanol–water partition coefficient (Wildman–Crippen LogP) is 3.27. The van der Waals surface area contributed by atoms with Crippen LogP contribution in [-0.4, -0.2) is 4.98 Å². The maximum atomic E-state index is 5.55. The average Bonchev–Trinajstić information content (AvgIpc) is 2.40. The zero-order valence-electron chi connectivity index (χ0n) is 10.3. The van der Waals surface area contributed by atoms with E-state index in [2.05, 4.69) is 4.98 Å². The third-order valence-corrected chi connectivity index (χ3v) is 2.00. The van der Waals surface area contributed by atoms with Crippen molar-refractivity contribution in [2.24, 2.45) is 0 Å². The van der Waals surface area contributed by atoms with Gasteiger partial charge in [-0.1, -0.05) is 44.2 Å². The van der Waals surface area contributed by atoms with E-state index in [0.29, 0.717) is 12.4 Å². The Morgan fingerprint density at radius 1 is 1.12 bits per heavy atom. The minimum absolute atomic E-state index is 0.473. The summed E-state index contributed by atoms with van der Waals surface area (Å²) < 4.78 is 5.55. The van der Waals surface area contributed by atoms with Crippen molar-refractivity contribution in [3.8, 4) is 5.75 Å². The van der Waals surface area contributed by atoms with Gasteiger partial charge in [0.25, 0.3) is 0 Å². The summed E-state index contributed by atoms with van der Waals surface area (Å²) in [6, 6.07) is 13.5. The van der Waals surface area contributed by atoms with Gasteiger partial charge in [0.15, 0.2) is 0 Å². The summed E-state index contributed by atoms with van der Waals surface area (Å²) in [4.78, 5) is 3.89. The molecule has 0 spiro atoms. The van der Waals surface area contributed by atoms with Gasteiger partial charge in [-0.2, -0.15) is 0 Å². The molecule has 0 saturated carbocycles. The standard InChI is InChI=1S/C12H12N2O.C2H6/c13-12-8-11(6-7-14-12)15-9-10-4-2-1-3-5-10;1-2/h1-8H,9H2,(H2,13,14);1-2H3. The Balaban J connectivity index is 0.000000686. The number of aromatic nitrogens is 1. The fraction of sp³-hybridized carbons (Fsp3) is 0.214. The predicted molar refractivity (Wildman–Crippen MR) is 70.8 cm³/mol. The molecule has 1 aromatic heterocycles. The molecule has 0 atom stereocenters. The molecule has 0 aliphatic carbocycles. The van der Waals surface area contributed by atoms with Gasteiger partial charge in [0.2, 0.25) is 0 Å². The monoisotopic (exact) mass is 230 g/mol. The third-order valence-electron chi connectivity index (χ3n) is 2.00. The van der Waals surface area contributed by atoms with Crippen LogP contribution in [0, 0.1) is 0 Å². The molecule has 17 heavy (non-hydrogen) atoms. The van der Waals surface area contributed by atoms with Gasteiger partial charge in [-0.25, -0.2) is 4.98 Å². The lowest BCUT2D eigenvalue weighted by atomic mass is 10.2. The Bertz CT molecular complexity index is 429. The van der Waals surface area contributed by atoms with Gasteiger partial charge in [-0.3, -0.25) is 0 Å². The number of nitrogens with zero attached hydrogens (tertiary/aromatic N) is 1. The fourth-order valence-electron chi connectivity index (χ4n) is 1.26.